The van der Waals surface area contributed by atoms with Gasteiger partial charge >= 0.3 is 5.97 Å². The molecule has 1 amide bonds. The Morgan fingerprint density at radius 3 is 2.57 bits per heavy atom. The van der Waals surface area contributed by atoms with E-state index in [2.05, 4.69) is 24.2 Å². The molecule has 1 heterocycles. The van der Waals surface area contributed by atoms with Crippen molar-refractivity contribution in [3.8, 4) is 0 Å². The number of carboxylic acids is 1. The summed E-state index contributed by atoms with van der Waals surface area (Å²) < 4.78 is 13.8. The molecule has 6 nitrogen and oxygen atoms in total. The molecule has 7 heteroatoms. The van der Waals surface area contributed by atoms with Gasteiger partial charge in [0.05, 0.1) is 11.4 Å². The van der Waals surface area contributed by atoms with Crippen LogP contribution in [0.15, 0.2) is 71.7 Å². The molecule has 0 aromatic heterocycles. The van der Waals surface area contributed by atoms with Crippen molar-refractivity contribution in [1.29, 1.82) is 0 Å². The van der Waals surface area contributed by atoms with E-state index in [4.69, 9.17) is 10.1 Å². The van der Waals surface area contributed by atoms with Crippen molar-refractivity contribution in [1.82, 2.24) is 4.90 Å². The van der Waals surface area contributed by atoms with Crippen LogP contribution in [0.4, 0.5) is 15.8 Å². The lowest BCUT2D eigenvalue weighted by Crippen LogP contribution is -2.22. The van der Waals surface area contributed by atoms with Crippen molar-refractivity contribution in [3.63, 3.8) is 0 Å². The molecule has 0 spiro atoms. The summed E-state index contributed by atoms with van der Waals surface area (Å²) in [5.74, 6) is -2.29. The van der Waals surface area contributed by atoms with Gasteiger partial charge in [-0.3, -0.25) is 14.6 Å². The highest BCUT2D eigenvalue weighted by molar-refractivity contribution is 6.24. The Bertz CT molecular complexity index is 1270. The molecule has 3 aromatic carbocycles. The van der Waals surface area contributed by atoms with Crippen molar-refractivity contribution >= 4 is 29.0 Å². The first-order valence-corrected chi connectivity index (χ1v) is 11.6. The van der Waals surface area contributed by atoms with Crippen LogP contribution in [-0.4, -0.2) is 41.2 Å². The minimum absolute atomic E-state index is 0.00955. The molecule has 0 bridgehead atoms. The van der Waals surface area contributed by atoms with Crippen molar-refractivity contribution < 1.29 is 19.1 Å². The molecule has 2 N–H and O–H groups in total. The summed E-state index contributed by atoms with van der Waals surface area (Å²) >= 11 is 0. The third-order valence-electron chi connectivity index (χ3n) is 6.15. The minimum atomic E-state index is -0.871. The quantitative estimate of drug-likeness (QED) is 0.421. The Hall–Kier alpha value is -3.84. The fourth-order valence-electron chi connectivity index (χ4n) is 4.18. The summed E-state index contributed by atoms with van der Waals surface area (Å²) in [5, 5.41) is 11.8. The number of anilines is 1. The lowest BCUT2D eigenvalue weighted by atomic mass is 9.89. The predicted octanol–water partition coefficient (Wildman–Crippen LogP) is 5.15. The van der Waals surface area contributed by atoms with Crippen molar-refractivity contribution in [2.24, 2.45) is 4.99 Å². The Morgan fingerprint density at radius 2 is 1.86 bits per heavy atom. The van der Waals surface area contributed by atoms with Gasteiger partial charge in [0.15, 0.2) is 0 Å². The first-order valence-electron chi connectivity index (χ1n) is 11.6. The molecule has 3 aromatic rings. The van der Waals surface area contributed by atoms with Crippen LogP contribution < -0.4 is 5.32 Å². The molecule has 0 fully saturated rings. The number of carboxylic acid groups (broad SMARTS) is 1. The summed E-state index contributed by atoms with van der Waals surface area (Å²) in [5.41, 5.74) is 5.05. The van der Waals surface area contributed by atoms with Gasteiger partial charge in [-0.1, -0.05) is 43.3 Å². The number of hydrogen-bond acceptors (Lipinski definition) is 4. The molecule has 180 valence electrons. The van der Waals surface area contributed by atoms with Crippen LogP contribution in [0, 0.1) is 5.82 Å². The number of amides is 1. The number of halogens is 1. The Morgan fingerprint density at radius 1 is 1.09 bits per heavy atom. The lowest BCUT2D eigenvalue weighted by molar-refractivity contribution is -0.137. The third kappa shape index (κ3) is 5.81. The maximum atomic E-state index is 13.8. The van der Waals surface area contributed by atoms with Crippen molar-refractivity contribution in [3.05, 3.63) is 94.8 Å². The van der Waals surface area contributed by atoms with Crippen LogP contribution >= 0.6 is 0 Å². The second-order valence-electron chi connectivity index (χ2n) is 8.74. The normalized spacial score (nSPS) is 15.3. The molecular formula is C28H28FN3O3. The largest absolute Gasteiger partial charge is 0.481 e. The molecule has 1 aliphatic rings. The van der Waals surface area contributed by atoms with E-state index in [1.54, 1.807) is 6.07 Å². The second kappa shape index (κ2) is 10.6. The monoisotopic (exact) mass is 473 g/mol. The standard InChI is InChI=1S/C28H28FN3O3/c1-3-32(2)17-19-7-11-22(12-8-19)30-27(20-6-4-5-18(15-20)9-14-25(33)34)26-23-13-10-21(29)16-24(23)31-28(26)35/h4-8,10-13,15-16,26H,3,9,14,17H2,1-2H3,(H,31,35)(H,33,34). The minimum Gasteiger partial charge on any atom is -0.481 e. The molecule has 4 rings (SSSR count). The van der Waals surface area contributed by atoms with E-state index in [9.17, 15) is 14.0 Å². The SMILES string of the molecule is CCN(C)Cc1ccc(N=C(c2cccc(CCC(=O)O)c2)C2C(=O)Nc3cc(F)ccc32)cc1. The maximum absolute atomic E-state index is 13.8. The van der Waals surface area contributed by atoms with Crippen LogP contribution in [0.25, 0.3) is 0 Å². The highest BCUT2D eigenvalue weighted by atomic mass is 19.1. The first-order chi connectivity index (χ1) is 16.8. The third-order valence-corrected chi connectivity index (χ3v) is 6.15. The number of nitrogens with one attached hydrogen (secondary N) is 1. The summed E-state index contributed by atoms with van der Waals surface area (Å²) in [7, 11) is 2.06. The summed E-state index contributed by atoms with van der Waals surface area (Å²) in [6, 6.07) is 19.6. The van der Waals surface area contributed by atoms with Crippen LogP contribution in [0.3, 0.4) is 0 Å². The van der Waals surface area contributed by atoms with Crippen molar-refractivity contribution in [2.45, 2.75) is 32.2 Å². The van der Waals surface area contributed by atoms with Crippen LogP contribution in [0.2, 0.25) is 0 Å². The zero-order valence-electron chi connectivity index (χ0n) is 19.8. The van der Waals surface area contributed by atoms with Gasteiger partial charge in [-0.2, -0.15) is 0 Å². The van der Waals surface area contributed by atoms with E-state index in [1.807, 2.05) is 48.5 Å². The van der Waals surface area contributed by atoms with Crippen LogP contribution in [0.1, 0.15) is 41.5 Å². The fraction of sp³-hybridized carbons (Fsp3) is 0.250. The predicted molar refractivity (Wildman–Crippen MR) is 135 cm³/mol. The van der Waals surface area contributed by atoms with E-state index in [0.29, 0.717) is 29.1 Å². The first kappa shape index (κ1) is 24.3. The molecule has 0 saturated heterocycles. The van der Waals surface area contributed by atoms with Gasteiger partial charge in [0, 0.05) is 18.7 Å². The number of benzene rings is 3. The lowest BCUT2D eigenvalue weighted by Gasteiger charge is -2.16. The molecule has 0 saturated carbocycles. The zero-order valence-corrected chi connectivity index (χ0v) is 19.8. The molecule has 0 aliphatic carbocycles. The summed E-state index contributed by atoms with van der Waals surface area (Å²) in [6.07, 6.45) is 0.379. The average molecular weight is 474 g/mol. The van der Waals surface area contributed by atoms with E-state index in [-0.39, 0.29) is 12.3 Å². The Balaban J connectivity index is 1.76. The smallest absolute Gasteiger partial charge is 0.303 e. The van der Waals surface area contributed by atoms with E-state index in [0.717, 1.165) is 29.8 Å². The average Bonchev–Trinajstić information content (AvgIpc) is 3.16. The summed E-state index contributed by atoms with van der Waals surface area (Å²) in [6.45, 7) is 3.87. The maximum Gasteiger partial charge on any atom is 0.303 e. The van der Waals surface area contributed by atoms with Gasteiger partial charge in [-0.25, -0.2) is 4.39 Å². The number of aliphatic carboxylic acids is 1. The Labute approximate surface area is 204 Å². The number of carbonyl (C=O) groups is 2. The van der Waals surface area contributed by atoms with E-state index < -0.39 is 17.7 Å². The van der Waals surface area contributed by atoms with Gasteiger partial charge < -0.3 is 15.3 Å². The highest BCUT2D eigenvalue weighted by Gasteiger charge is 2.35. The molecule has 1 aliphatic heterocycles. The molecular weight excluding hydrogens is 445 g/mol. The fourth-order valence-corrected chi connectivity index (χ4v) is 4.18. The molecule has 0 radical (unpaired) electrons. The molecule has 35 heavy (non-hydrogen) atoms. The van der Waals surface area contributed by atoms with Gasteiger partial charge in [-0.15, -0.1) is 0 Å². The van der Waals surface area contributed by atoms with Gasteiger partial charge in [0.25, 0.3) is 0 Å². The Kier molecular flexibility index (Phi) is 7.36. The highest BCUT2D eigenvalue weighted by Crippen LogP contribution is 2.37. The molecule has 1 atom stereocenters. The van der Waals surface area contributed by atoms with E-state index >= 15 is 0 Å². The van der Waals surface area contributed by atoms with Gasteiger partial charge in [-0.05, 0) is 72.6 Å². The van der Waals surface area contributed by atoms with Gasteiger partial charge in [0.2, 0.25) is 5.91 Å². The number of nitrogens with zero attached hydrogens (tertiary/aromatic N) is 2. The second-order valence-corrected chi connectivity index (χ2v) is 8.74. The number of carbonyl (C=O) groups excluding carboxylic acids is 1. The topological polar surface area (TPSA) is 82.0 Å². The van der Waals surface area contributed by atoms with E-state index in [1.165, 1.54) is 12.1 Å². The number of hydrogen-bond donors (Lipinski definition) is 2. The number of aliphatic imine (C=N–C) groups is 1. The van der Waals surface area contributed by atoms with Crippen molar-refractivity contribution in [2.75, 3.05) is 18.9 Å². The van der Waals surface area contributed by atoms with Crippen LogP contribution in [0.5, 0.6) is 0 Å². The van der Waals surface area contributed by atoms with Crippen LogP contribution in [-0.2, 0) is 22.6 Å². The number of fused-ring (bicyclic) bond motifs is 1. The zero-order chi connectivity index (χ0) is 24.9. The number of aryl methyl sites for hydroxylation is 1. The van der Waals surface area contributed by atoms with Gasteiger partial charge in [0.1, 0.15) is 11.7 Å². The number of rotatable bonds is 9. The summed E-state index contributed by atoms with van der Waals surface area (Å²) in [4.78, 5) is 31.2. The molecule has 1 unspecified atom stereocenters.